The van der Waals surface area contributed by atoms with Gasteiger partial charge in [0.2, 0.25) is 0 Å². The number of hydrogen-bond donors (Lipinski definition) is 1. The summed E-state index contributed by atoms with van der Waals surface area (Å²) in [6, 6.07) is 1.58. The third-order valence-electron chi connectivity index (χ3n) is 4.65. The summed E-state index contributed by atoms with van der Waals surface area (Å²) in [5.41, 5.74) is 0. The van der Waals surface area contributed by atoms with E-state index in [-0.39, 0.29) is 0 Å². The summed E-state index contributed by atoms with van der Waals surface area (Å²) in [5, 5.41) is 3.98. The van der Waals surface area contributed by atoms with E-state index < -0.39 is 0 Å². The molecule has 3 heterocycles. The molecule has 0 aromatic rings. The van der Waals surface area contributed by atoms with Gasteiger partial charge < -0.3 is 10.2 Å². The number of hydrogen-bond acceptors (Lipinski definition) is 2. The predicted octanol–water partition coefficient (Wildman–Crippen LogP) is 3.03. The van der Waals surface area contributed by atoms with E-state index in [0.29, 0.717) is 0 Å². The van der Waals surface area contributed by atoms with Gasteiger partial charge in [-0.1, -0.05) is 33.1 Å². The summed E-state index contributed by atoms with van der Waals surface area (Å²) in [5.74, 6) is 0.973. The summed E-state index contributed by atoms with van der Waals surface area (Å²) in [6.07, 6.45) is 9.66. The molecule has 100 valence electrons. The second-order valence-electron chi connectivity index (χ2n) is 6.04. The first-order valence-corrected chi connectivity index (χ1v) is 7.81. The molecule has 3 rings (SSSR count). The van der Waals surface area contributed by atoms with E-state index >= 15 is 0 Å². The Labute approximate surface area is 107 Å². The molecule has 3 saturated heterocycles. The lowest BCUT2D eigenvalue weighted by molar-refractivity contribution is 0.0655. The van der Waals surface area contributed by atoms with Crippen LogP contribution < -0.4 is 5.32 Å². The SMILES string of the molecule is CCCCC(CCC)NC1CN2CCC1CC2. The average Bonchev–Trinajstić information content (AvgIpc) is 2.38. The topological polar surface area (TPSA) is 15.3 Å². The van der Waals surface area contributed by atoms with Crippen molar-refractivity contribution in [1.82, 2.24) is 10.2 Å². The Morgan fingerprint density at radius 1 is 1.12 bits per heavy atom. The molecule has 3 aliphatic rings. The Hall–Kier alpha value is -0.0800. The maximum absolute atomic E-state index is 3.98. The van der Waals surface area contributed by atoms with Crippen LogP contribution in [-0.4, -0.2) is 36.6 Å². The van der Waals surface area contributed by atoms with Crippen LogP contribution in [0.3, 0.4) is 0 Å². The maximum Gasteiger partial charge on any atom is 0.0226 e. The van der Waals surface area contributed by atoms with Gasteiger partial charge in [0, 0.05) is 18.6 Å². The number of nitrogens with zero attached hydrogens (tertiary/aromatic N) is 1. The zero-order chi connectivity index (χ0) is 12.1. The molecule has 0 saturated carbocycles. The lowest BCUT2D eigenvalue weighted by atomic mass is 9.83. The van der Waals surface area contributed by atoms with Crippen molar-refractivity contribution in [1.29, 1.82) is 0 Å². The van der Waals surface area contributed by atoms with Gasteiger partial charge in [0.25, 0.3) is 0 Å². The van der Waals surface area contributed by atoms with Crippen molar-refractivity contribution in [3.8, 4) is 0 Å². The van der Waals surface area contributed by atoms with Crippen molar-refractivity contribution >= 4 is 0 Å². The Bertz CT molecular complexity index is 209. The van der Waals surface area contributed by atoms with E-state index in [1.807, 2.05) is 0 Å². The highest BCUT2D eigenvalue weighted by Gasteiger charge is 2.34. The first kappa shape index (κ1) is 13.4. The van der Waals surface area contributed by atoms with Gasteiger partial charge in [-0.2, -0.15) is 0 Å². The van der Waals surface area contributed by atoms with Crippen molar-refractivity contribution in [2.45, 2.75) is 70.9 Å². The average molecular weight is 238 g/mol. The summed E-state index contributed by atoms with van der Waals surface area (Å²) in [4.78, 5) is 2.65. The van der Waals surface area contributed by atoms with Gasteiger partial charge in [0.1, 0.15) is 0 Å². The van der Waals surface area contributed by atoms with Crippen molar-refractivity contribution in [3.05, 3.63) is 0 Å². The first-order valence-electron chi connectivity index (χ1n) is 7.81. The van der Waals surface area contributed by atoms with Crippen LogP contribution in [0, 0.1) is 5.92 Å². The molecule has 1 N–H and O–H groups in total. The summed E-state index contributed by atoms with van der Waals surface area (Å²) in [7, 11) is 0. The van der Waals surface area contributed by atoms with Gasteiger partial charge in [-0.25, -0.2) is 0 Å². The highest BCUT2D eigenvalue weighted by atomic mass is 15.2. The van der Waals surface area contributed by atoms with Gasteiger partial charge in [0.05, 0.1) is 0 Å². The second kappa shape index (κ2) is 6.75. The smallest absolute Gasteiger partial charge is 0.0226 e. The number of piperidine rings is 3. The molecule has 0 aliphatic carbocycles. The number of fused-ring (bicyclic) bond motifs is 3. The summed E-state index contributed by atoms with van der Waals surface area (Å²) >= 11 is 0. The molecule has 17 heavy (non-hydrogen) atoms. The highest BCUT2D eigenvalue weighted by Crippen LogP contribution is 2.28. The van der Waals surface area contributed by atoms with E-state index in [9.17, 15) is 0 Å². The minimum atomic E-state index is 0.783. The molecule has 0 aromatic heterocycles. The molecule has 2 unspecified atom stereocenters. The van der Waals surface area contributed by atoms with E-state index in [2.05, 4.69) is 24.1 Å². The molecular weight excluding hydrogens is 208 g/mol. The zero-order valence-electron chi connectivity index (χ0n) is 11.8. The monoisotopic (exact) mass is 238 g/mol. The van der Waals surface area contributed by atoms with E-state index in [4.69, 9.17) is 0 Å². The standard InChI is InChI=1S/C15H30N2/c1-3-5-7-14(6-4-2)16-15-12-17-10-8-13(15)9-11-17/h13-16H,3-12H2,1-2H3. The minimum absolute atomic E-state index is 0.783. The summed E-state index contributed by atoms with van der Waals surface area (Å²) < 4.78 is 0. The van der Waals surface area contributed by atoms with Crippen LogP contribution in [0.25, 0.3) is 0 Å². The van der Waals surface area contributed by atoms with Crippen LogP contribution >= 0.6 is 0 Å². The third-order valence-corrected chi connectivity index (χ3v) is 4.65. The van der Waals surface area contributed by atoms with Gasteiger partial charge >= 0.3 is 0 Å². The quantitative estimate of drug-likeness (QED) is 0.733. The number of unbranched alkanes of at least 4 members (excludes halogenated alkanes) is 1. The van der Waals surface area contributed by atoms with E-state index in [0.717, 1.165) is 18.0 Å². The fraction of sp³-hybridized carbons (Fsp3) is 1.00. The number of nitrogens with one attached hydrogen (secondary N) is 1. The molecule has 0 spiro atoms. The van der Waals surface area contributed by atoms with Gasteiger partial charge in [-0.3, -0.25) is 0 Å². The molecular formula is C15H30N2. The van der Waals surface area contributed by atoms with Crippen molar-refractivity contribution in [2.24, 2.45) is 5.92 Å². The Morgan fingerprint density at radius 3 is 2.41 bits per heavy atom. The Balaban J connectivity index is 1.80. The van der Waals surface area contributed by atoms with Crippen LogP contribution in [0.4, 0.5) is 0 Å². The first-order chi connectivity index (χ1) is 8.33. The van der Waals surface area contributed by atoms with E-state index in [1.165, 1.54) is 64.6 Å². The van der Waals surface area contributed by atoms with E-state index in [1.54, 1.807) is 0 Å². The summed E-state index contributed by atoms with van der Waals surface area (Å²) in [6.45, 7) is 8.65. The second-order valence-corrected chi connectivity index (χ2v) is 6.04. The Kier molecular flexibility index (Phi) is 5.30. The molecule has 0 aromatic carbocycles. The fourth-order valence-corrected chi connectivity index (χ4v) is 3.57. The number of rotatable bonds is 7. The molecule has 2 bridgehead atoms. The fourth-order valence-electron chi connectivity index (χ4n) is 3.57. The highest BCUT2D eigenvalue weighted by molar-refractivity contribution is 4.92. The van der Waals surface area contributed by atoms with Crippen LogP contribution in [0.1, 0.15) is 58.8 Å². The largest absolute Gasteiger partial charge is 0.310 e. The molecule has 2 atom stereocenters. The molecule has 2 heteroatoms. The predicted molar refractivity (Wildman–Crippen MR) is 74.3 cm³/mol. The normalized spacial score (nSPS) is 33.9. The van der Waals surface area contributed by atoms with Crippen LogP contribution in [0.2, 0.25) is 0 Å². The van der Waals surface area contributed by atoms with Crippen molar-refractivity contribution in [2.75, 3.05) is 19.6 Å². The minimum Gasteiger partial charge on any atom is -0.310 e. The van der Waals surface area contributed by atoms with Gasteiger partial charge in [-0.15, -0.1) is 0 Å². The van der Waals surface area contributed by atoms with Crippen LogP contribution in [0.15, 0.2) is 0 Å². The molecule has 0 radical (unpaired) electrons. The van der Waals surface area contributed by atoms with Gasteiger partial charge in [0.15, 0.2) is 0 Å². The third kappa shape index (κ3) is 3.69. The van der Waals surface area contributed by atoms with Crippen LogP contribution in [-0.2, 0) is 0 Å². The zero-order valence-corrected chi connectivity index (χ0v) is 11.8. The lowest BCUT2D eigenvalue weighted by Crippen LogP contribution is -2.58. The molecule has 3 aliphatic heterocycles. The van der Waals surface area contributed by atoms with Crippen molar-refractivity contribution in [3.63, 3.8) is 0 Å². The van der Waals surface area contributed by atoms with Gasteiger partial charge in [-0.05, 0) is 44.7 Å². The maximum atomic E-state index is 3.98. The Morgan fingerprint density at radius 2 is 1.88 bits per heavy atom. The van der Waals surface area contributed by atoms with Crippen LogP contribution in [0.5, 0.6) is 0 Å². The van der Waals surface area contributed by atoms with Crippen molar-refractivity contribution < 1.29 is 0 Å². The molecule has 3 fully saturated rings. The molecule has 0 amide bonds. The molecule has 2 nitrogen and oxygen atoms in total. The lowest BCUT2D eigenvalue weighted by Gasteiger charge is -2.46.